The van der Waals surface area contributed by atoms with E-state index >= 15 is 0 Å². The summed E-state index contributed by atoms with van der Waals surface area (Å²) in [4.78, 5) is 2.09. The maximum absolute atomic E-state index is 10.7. The molecule has 1 unspecified atom stereocenters. The van der Waals surface area contributed by atoms with Gasteiger partial charge in [0.2, 0.25) is 0 Å². The van der Waals surface area contributed by atoms with E-state index in [-0.39, 0.29) is 0 Å². The molecular formula is C12H22N4O2. The molecule has 1 atom stereocenters. The van der Waals surface area contributed by atoms with E-state index in [1.165, 1.54) is 0 Å². The number of nitrogens with zero attached hydrogens (tertiary/aromatic N) is 3. The van der Waals surface area contributed by atoms with Crippen molar-refractivity contribution in [2.75, 3.05) is 40.8 Å². The predicted molar refractivity (Wildman–Crippen MR) is 68.7 cm³/mol. The Morgan fingerprint density at radius 3 is 2.94 bits per heavy atom. The maximum atomic E-state index is 10.7. The molecule has 1 fully saturated rings. The van der Waals surface area contributed by atoms with Crippen molar-refractivity contribution in [3.05, 3.63) is 11.9 Å². The number of aliphatic hydroxyl groups is 1. The maximum Gasteiger partial charge on any atom is 0.162 e. The number of hydrogen-bond acceptors (Lipinski definition) is 5. The monoisotopic (exact) mass is 254 g/mol. The van der Waals surface area contributed by atoms with E-state index in [0.29, 0.717) is 18.7 Å². The molecule has 18 heavy (non-hydrogen) atoms. The van der Waals surface area contributed by atoms with Gasteiger partial charge < -0.3 is 20.1 Å². The van der Waals surface area contributed by atoms with Gasteiger partial charge in [0.15, 0.2) is 5.75 Å². The minimum atomic E-state index is -0.867. The molecule has 1 aliphatic heterocycles. The molecule has 2 rings (SSSR count). The summed E-state index contributed by atoms with van der Waals surface area (Å²) in [6.45, 7) is 2.99. The molecular weight excluding hydrogens is 232 g/mol. The summed E-state index contributed by atoms with van der Waals surface area (Å²) in [6.07, 6.45) is 2.37. The Kier molecular flexibility index (Phi) is 3.89. The van der Waals surface area contributed by atoms with Gasteiger partial charge in [-0.1, -0.05) is 0 Å². The highest BCUT2D eigenvalue weighted by molar-refractivity contribution is 5.32. The Labute approximate surface area is 108 Å². The molecule has 1 saturated heterocycles. The molecule has 0 spiro atoms. The lowest BCUT2D eigenvalue weighted by molar-refractivity contribution is 0.0458. The van der Waals surface area contributed by atoms with Gasteiger partial charge in [-0.25, -0.2) is 0 Å². The first-order chi connectivity index (χ1) is 8.57. The van der Waals surface area contributed by atoms with Gasteiger partial charge in [0.05, 0.1) is 19.9 Å². The topological polar surface area (TPSA) is 62.5 Å². The van der Waals surface area contributed by atoms with Gasteiger partial charge in [-0.05, 0) is 27.1 Å². The summed E-state index contributed by atoms with van der Waals surface area (Å²) < 4.78 is 7.18. The SMILES string of the molecule is COc1cnn(CCN(C)C)c1C1(O)CCNC1. The number of ether oxygens (including phenoxy) is 1. The zero-order valence-electron chi connectivity index (χ0n) is 11.3. The molecule has 1 aliphatic rings. The van der Waals surface area contributed by atoms with Crippen LogP contribution in [-0.4, -0.2) is 60.6 Å². The van der Waals surface area contributed by atoms with Gasteiger partial charge in [-0.3, -0.25) is 4.68 Å². The first-order valence-electron chi connectivity index (χ1n) is 6.25. The van der Waals surface area contributed by atoms with E-state index in [2.05, 4.69) is 15.3 Å². The molecule has 0 bridgehead atoms. The second-order valence-electron chi connectivity index (χ2n) is 5.05. The second-order valence-corrected chi connectivity index (χ2v) is 5.05. The number of rotatable bonds is 5. The van der Waals surface area contributed by atoms with Gasteiger partial charge in [0.1, 0.15) is 11.3 Å². The number of methoxy groups -OCH3 is 1. The Balaban J connectivity index is 2.27. The normalized spacial score (nSPS) is 23.8. The Morgan fingerprint density at radius 2 is 2.39 bits per heavy atom. The number of hydrogen-bond donors (Lipinski definition) is 2. The average molecular weight is 254 g/mol. The van der Waals surface area contributed by atoms with Gasteiger partial charge in [-0.2, -0.15) is 5.10 Å². The smallest absolute Gasteiger partial charge is 0.162 e. The molecule has 6 nitrogen and oxygen atoms in total. The summed E-state index contributed by atoms with van der Waals surface area (Å²) in [5, 5.41) is 18.2. The predicted octanol–water partition coefficient (Wildman–Crippen LogP) is -0.366. The van der Waals surface area contributed by atoms with Crippen LogP contribution in [-0.2, 0) is 12.1 Å². The summed E-state index contributed by atoms with van der Waals surface area (Å²) in [6, 6.07) is 0. The van der Waals surface area contributed by atoms with Crippen LogP contribution >= 0.6 is 0 Å². The van der Waals surface area contributed by atoms with E-state index in [1.807, 2.05) is 18.8 Å². The van der Waals surface area contributed by atoms with Crippen LogP contribution in [0.3, 0.4) is 0 Å². The van der Waals surface area contributed by atoms with Crippen LogP contribution in [0.1, 0.15) is 12.1 Å². The fourth-order valence-electron chi connectivity index (χ4n) is 2.33. The molecule has 0 amide bonds. The van der Waals surface area contributed by atoms with E-state index < -0.39 is 5.60 Å². The lowest BCUT2D eigenvalue weighted by Crippen LogP contribution is -2.33. The summed E-state index contributed by atoms with van der Waals surface area (Å²) >= 11 is 0. The fourth-order valence-corrected chi connectivity index (χ4v) is 2.33. The molecule has 1 aromatic heterocycles. The van der Waals surface area contributed by atoms with Crippen LogP contribution in [0.2, 0.25) is 0 Å². The van der Waals surface area contributed by atoms with E-state index in [4.69, 9.17) is 4.74 Å². The van der Waals surface area contributed by atoms with Crippen LogP contribution < -0.4 is 10.1 Å². The van der Waals surface area contributed by atoms with Crippen molar-refractivity contribution in [1.29, 1.82) is 0 Å². The standard InChI is InChI=1S/C12H22N4O2/c1-15(2)6-7-16-11(10(18-3)8-14-16)12(17)4-5-13-9-12/h8,13,17H,4-7,9H2,1-3H3. The zero-order valence-corrected chi connectivity index (χ0v) is 11.3. The molecule has 0 radical (unpaired) electrons. The highest BCUT2D eigenvalue weighted by atomic mass is 16.5. The first-order valence-corrected chi connectivity index (χ1v) is 6.25. The number of β-amino-alcohol motifs (C(OH)–C–C–N with tert-alkyl or cyclic N) is 1. The van der Waals surface area contributed by atoms with Gasteiger partial charge >= 0.3 is 0 Å². The first kappa shape index (κ1) is 13.3. The third-order valence-electron chi connectivity index (χ3n) is 3.36. The summed E-state index contributed by atoms with van der Waals surface area (Å²) in [5.41, 5.74) is -0.0782. The zero-order chi connectivity index (χ0) is 13.2. The largest absolute Gasteiger partial charge is 0.493 e. The molecule has 2 N–H and O–H groups in total. The fraction of sp³-hybridized carbons (Fsp3) is 0.750. The van der Waals surface area contributed by atoms with Crippen LogP contribution in [0, 0.1) is 0 Å². The van der Waals surface area contributed by atoms with E-state index in [0.717, 1.165) is 25.3 Å². The minimum Gasteiger partial charge on any atom is -0.493 e. The van der Waals surface area contributed by atoms with E-state index in [9.17, 15) is 5.11 Å². The van der Waals surface area contributed by atoms with Gasteiger partial charge in [0.25, 0.3) is 0 Å². The van der Waals surface area contributed by atoms with Crippen molar-refractivity contribution < 1.29 is 9.84 Å². The lowest BCUT2D eigenvalue weighted by Gasteiger charge is -2.24. The highest BCUT2D eigenvalue weighted by Crippen LogP contribution is 2.34. The van der Waals surface area contributed by atoms with Crippen LogP contribution in [0.4, 0.5) is 0 Å². The highest BCUT2D eigenvalue weighted by Gasteiger charge is 2.39. The van der Waals surface area contributed by atoms with Crippen molar-refractivity contribution in [1.82, 2.24) is 20.0 Å². The van der Waals surface area contributed by atoms with Crippen molar-refractivity contribution in [3.63, 3.8) is 0 Å². The Bertz CT molecular complexity index is 397. The lowest BCUT2D eigenvalue weighted by atomic mass is 9.98. The molecule has 1 aromatic rings. The Morgan fingerprint density at radius 1 is 1.61 bits per heavy atom. The molecule has 0 saturated carbocycles. The quantitative estimate of drug-likeness (QED) is 0.751. The second kappa shape index (κ2) is 5.26. The molecule has 2 heterocycles. The number of nitrogens with one attached hydrogen (secondary N) is 1. The third kappa shape index (κ3) is 2.50. The van der Waals surface area contributed by atoms with Crippen molar-refractivity contribution in [2.24, 2.45) is 0 Å². The molecule has 102 valence electrons. The molecule has 0 aromatic carbocycles. The van der Waals surface area contributed by atoms with Crippen LogP contribution in [0.25, 0.3) is 0 Å². The number of aromatic nitrogens is 2. The van der Waals surface area contributed by atoms with Crippen molar-refractivity contribution >= 4 is 0 Å². The van der Waals surface area contributed by atoms with Crippen LogP contribution in [0.15, 0.2) is 6.20 Å². The van der Waals surface area contributed by atoms with Gasteiger partial charge in [-0.15, -0.1) is 0 Å². The van der Waals surface area contributed by atoms with Crippen LogP contribution in [0.5, 0.6) is 5.75 Å². The van der Waals surface area contributed by atoms with Crippen molar-refractivity contribution in [2.45, 2.75) is 18.6 Å². The molecule has 0 aliphatic carbocycles. The minimum absolute atomic E-state index is 0.553. The van der Waals surface area contributed by atoms with Gasteiger partial charge in [0, 0.05) is 13.1 Å². The van der Waals surface area contributed by atoms with E-state index in [1.54, 1.807) is 13.3 Å². The van der Waals surface area contributed by atoms with Crippen molar-refractivity contribution in [3.8, 4) is 5.75 Å². The summed E-state index contributed by atoms with van der Waals surface area (Å²) in [5.74, 6) is 0.667. The summed E-state index contributed by atoms with van der Waals surface area (Å²) in [7, 11) is 5.65. The Hall–Kier alpha value is -1.11. The average Bonchev–Trinajstić information content (AvgIpc) is 2.92. The molecule has 6 heteroatoms. The third-order valence-corrected chi connectivity index (χ3v) is 3.36. The number of likely N-dealkylation sites (N-methyl/N-ethyl adjacent to an activating group) is 1.